The van der Waals surface area contributed by atoms with Crippen molar-refractivity contribution in [2.24, 2.45) is 11.3 Å². The minimum atomic E-state index is -0.579. The Kier molecular flexibility index (Phi) is 5.59. The summed E-state index contributed by atoms with van der Waals surface area (Å²) in [6.45, 7) is 6.36. The molecule has 0 aromatic heterocycles. The monoisotopic (exact) mass is 315 g/mol. The first-order chi connectivity index (χ1) is 10.9. The maximum Gasteiger partial charge on any atom is 0.407 e. The normalized spacial score (nSPS) is 24.0. The lowest BCUT2D eigenvalue weighted by Crippen LogP contribution is -2.48. The molecule has 124 valence electrons. The van der Waals surface area contributed by atoms with E-state index in [1.165, 1.54) is 5.57 Å². The lowest BCUT2D eigenvalue weighted by atomic mass is 9.72. The van der Waals surface area contributed by atoms with E-state index in [9.17, 15) is 9.59 Å². The van der Waals surface area contributed by atoms with Crippen LogP contribution in [0.1, 0.15) is 39.2 Å². The van der Waals surface area contributed by atoms with Gasteiger partial charge in [-0.2, -0.15) is 0 Å². The number of benzene rings is 1. The van der Waals surface area contributed by atoms with Gasteiger partial charge >= 0.3 is 6.09 Å². The lowest BCUT2D eigenvalue weighted by molar-refractivity contribution is -0.116. The highest BCUT2D eigenvalue weighted by Crippen LogP contribution is 2.36. The van der Waals surface area contributed by atoms with E-state index in [0.29, 0.717) is 5.92 Å². The number of amides is 1. The average molecular weight is 315 g/mol. The van der Waals surface area contributed by atoms with Gasteiger partial charge < -0.3 is 14.8 Å². The first-order valence-electron chi connectivity index (χ1n) is 8.09. The van der Waals surface area contributed by atoms with Crippen LogP contribution < -0.4 is 5.32 Å². The van der Waals surface area contributed by atoms with Crippen molar-refractivity contribution in [2.75, 3.05) is 0 Å². The summed E-state index contributed by atoms with van der Waals surface area (Å²) in [7, 11) is 0. The quantitative estimate of drug-likeness (QED) is 0.663. The molecule has 0 saturated carbocycles. The third kappa shape index (κ3) is 4.44. The summed E-state index contributed by atoms with van der Waals surface area (Å²) in [5.74, 6) is 0.413. The minimum Gasteiger partial charge on any atom is -0.445 e. The van der Waals surface area contributed by atoms with E-state index in [1.807, 2.05) is 43.3 Å². The standard InChI is InChI=1S/C19H25NO3/c1-14(2)16-9-10-19(3,13-21)17(11-16)20-18(22)23-12-15-7-5-4-6-8-15/h4-8,11,13-14,17H,9-10,12H2,1-3H3,(H,20,22)/t17-,19-/m0/s1. The first-order valence-corrected chi connectivity index (χ1v) is 8.09. The highest BCUT2D eigenvalue weighted by atomic mass is 16.5. The maximum absolute atomic E-state index is 12.1. The van der Waals surface area contributed by atoms with Gasteiger partial charge in [0.1, 0.15) is 12.9 Å². The Bertz CT molecular complexity index is 580. The van der Waals surface area contributed by atoms with E-state index in [1.54, 1.807) is 0 Å². The van der Waals surface area contributed by atoms with Crippen LogP contribution in [0.4, 0.5) is 4.79 Å². The second-order valence-corrected chi connectivity index (χ2v) is 6.70. The zero-order valence-corrected chi connectivity index (χ0v) is 14.0. The van der Waals surface area contributed by atoms with Gasteiger partial charge in [0.25, 0.3) is 0 Å². The molecule has 0 fully saturated rings. The van der Waals surface area contributed by atoms with Gasteiger partial charge in [0.15, 0.2) is 0 Å². The fraction of sp³-hybridized carbons (Fsp3) is 0.474. The lowest BCUT2D eigenvalue weighted by Gasteiger charge is -2.36. The van der Waals surface area contributed by atoms with Crippen LogP contribution in [-0.4, -0.2) is 18.4 Å². The molecule has 0 heterocycles. The molecule has 0 unspecified atom stereocenters. The molecule has 0 bridgehead atoms. The number of nitrogens with one attached hydrogen (secondary N) is 1. The number of hydrogen-bond donors (Lipinski definition) is 1. The second kappa shape index (κ2) is 7.44. The van der Waals surface area contributed by atoms with Gasteiger partial charge in [-0.3, -0.25) is 0 Å². The number of rotatable bonds is 5. The number of allylic oxidation sites excluding steroid dienone is 1. The van der Waals surface area contributed by atoms with Gasteiger partial charge in [-0.1, -0.05) is 62.8 Å². The Morgan fingerprint density at radius 3 is 2.70 bits per heavy atom. The smallest absolute Gasteiger partial charge is 0.407 e. The molecule has 0 radical (unpaired) electrons. The summed E-state index contributed by atoms with van der Waals surface area (Å²) in [6.07, 6.45) is 4.11. The van der Waals surface area contributed by atoms with Gasteiger partial charge in [0.2, 0.25) is 0 Å². The maximum atomic E-state index is 12.1. The molecule has 2 atom stereocenters. The van der Waals surface area contributed by atoms with Crippen LogP contribution in [0.25, 0.3) is 0 Å². The van der Waals surface area contributed by atoms with Crippen molar-refractivity contribution in [2.45, 2.75) is 46.3 Å². The van der Waals surface area contributed by atoms with Gasteiger partial charge in [0, 0.05) is 5.41 Å². The SMILES string of the molecule is CC(C)C1=C[C@H](NC(=O)OCc2ccccc2)[C@](C)(C=O)CC1. The van der Waals surface area contributed by atoms with E-state index in [-0.39, 0.29) is 12.6 Å². The van der Waals surface area contributed by atoms with E-state index in [2.05, 4.69) is 19.2 Å². The molecule has 0 saturated heterocycles. The van der Waals surface area contributed by atoms with Gasteiger partial charge in [-0.05, 0) is 24.3 Å². The summed E-state index contributed by atoms with van der Waals surface area (Å²) in [5, 5.41) is 2.85. The zero-order chi connectivity index (χ0) is 16.9. The first kappa shape index (κ1) is 17.3. The molecule has 0 aliphatic heterocycles. The van der Waals surface area contributed by atoms with E-state index >= 15 is 0 Å². The third-order valence-electron chi connectivity index (χ3n) is 4.54. The molecule has 23 heavy (non-hydrogen) atoms. The van der Waals surface area contributed by atoms with E-state index in [4.69, 9.17) is 4.74 Å². The molecule has 2 rings (SSSR count). The van der Waals surface area contributed by atoms with Crippen LogP contribution in [-0.2, 0) is 16.1 Å². The van der Waals surface area contributed by atoms with Crippen molar-refractivity contribution >= 4 is 12.4 Å². The highest BCUT2D eigenvalue weighted by molar-refractivity contribution is 5.71. The summed E-state index contributed by atoms with van der Waals surface area (Å²) >= 11 is 0. The summed E-state index contributed by atoms with van der Waals surface area (Å²) in [4.78, 5) is 23.6. The van der Waals surface area contributed by atoms with Gasteiger partial charge in [-0.15, -0.1) is 0 Å². The summed E-state index contributed by atoms with van der Waals surface area (Å²) in [5.41, 5.74) is 1.63. The molecule has 1 aliphatic rings. The van der Waals surface area contributed by atoms with Crippen molar-refractivity contribution in [3.63, 3.8) is 0 Å². The van der Waals surface area contributed by atoms with Crippen molar-refractivity contribution in [1.82, 2.24) is 5.32 Å². The van der Waals surface area contributed by atoms with Crippen LogP contribution in [0.15, 0.2) is 42.0 Å². The van der Waals surface area contributed by atoms with Crippen molar-refractivity contribution in [3.8, 4) is 0 Å². The Morgan fingerprint density at radius 2 is 2.09 bits per heavy atom. The number of aldehydes is 1. The molecule has 4 heteroatoms. The van der Waals surface area contributed by atoms with Crippen molar-refractivity contribution in [3.05, 3.63) is 47.5 Å². The molecule has 1 amide bonds. The summed E-state index contributed by atoms with van der Waals surface area (Å²) in [6, 6.07) is 9.20. The Hall–Kier alpha value is -2.10. The molecule has 0 spiro atoms. The number of ether oxygens (including phenoxy) is 1. The van der Waals surface area contributed by atoms with Crippen LogP contribution in [0.5, 0.6) is 0 Å². The fourth-order valence-electron chi connectivity index (χ4n) is 2.77. The molecular weight excluding hydrogens is 290 g/mol. The highest BCUT2D eigenvalue weighted by Gasteiger charge is 2.37. The molecule has 1 aromatic carbocycles. The molecular formula is C19H25NO3. The number of alkyl carbamates (subject to hydrolysis) is 1. The molecule has 1 N–H and O–H groups in total. The topological polar surface area (TPSA) is 55.4 Å². The summed E-state index contributed by atoms with van der Waals surface area (Å²) < 4.78 is 5.27. The number of carbonyl (C=O) groups is 2. The zero-order valence-electron chi connectivity index (χ0n) is 14.0. The third-order valence-corrected chi connectivity index (χ3v) is 4.54. The average Bonchev–Trinajstić information content (AvgIpc) is 2.55. The van der Waals surface area contributed by atoms with Crippen LogP contribution in [0, 0.1) is 11.3 Å². The van der Waals surface area contributed by atoms with E-state index < -0.39 is 11.5 Å². The van der Waals surface area contributed by atoms with Crippen LogP contribution in [0.3, 0.4) is 0 Å². The van der Waals surface area contributed by atoms with Crippen LogP contribution >= 0.6 is 0 Å². The minimum absolute atomic E-state index is 0.220. The molecule has 4 nitrogen and oxygen atoms in total. The van der Waals surface area contributed by atoms with Gasteiger partial charge in [-0.25, -0.2) is 4.79 Å². The van der Waals surface area contributed by atoms with Crippen LogP contribution in [0.2, 0.25) is 0 Å². The Balaban J connectivity index is 2.01. The predicted molar refractivity (Wildman–Crippen MR) is 89.9 cm³/mol. The predicted octanol–water partition coefficient (Wildman–Crippen LogP) is 3.86. The fourth-order valence-corrected chi connectivity index (χ4v) is 2.77. The van der Waals surface area contributed by atoms with Gasteiger partial charge in [0.05, 0.1) is 6.04 Å². The molecule has 1 aliphatic carbocycles. The Labute approximate surface area is 137 Å². The largest absolute Gasteiger partial charge is 0.445 e. The number of carbonyl (C=O) groups excluding carboxylic acids is 2. The van der Waals surface area contributed by atoms with E-state index in [0.717, 1.165) is 24.7 Å². The number of hydrogen-bond acceptors (Lipinski definition) is 3. The Morgan fingerprint density at radius 1 is 1.39 bits per heavy atom. The molecule has 1 aromatic rings. The van der Waals surface area contributed by atoms with Crippen molar-refractivity contribution < 1.29 is 14.3 Å². The van der Waals surface area contributed by atoms with Crippen molar-refractivity contribution in [1.29, 1.82) is 0 Å². The second-order valence-electron chi connectivity index (χ2n) is 6.70.